The molecule has 0 unspecified atom stereocenters. The van der Waals surface area contributed by atoms with E-state index in [0.717, 1.165) is 31.2 Å². The van der Waals surface area contributed by atoms with Gasteiger partial charge in [0.1, 0.15) is 0 Å². The van der Waals surface area contributed by atoms with E-state index in [9.17, 15) is 4.79 Å². The van der Waals surface area contributed by atoms with Crippen molar-refractivity contribution in [2.75, 3.05) is 6.54 Å². The molecule has 0 saturated heterocycles. The minimum absolute atomic E-state index is 0.104. The summed E-state index contributed by atoms with van der Waals surface area (Å²) in [5, 5.41) is 7.44. The fourth-order valence-electron chi connectivity index (χ4n) is 3.81. The molecule has 0 bridgehead atoms. The van der Waals surface area contributed by atoms with Crippen LogP contribution < -0.4 is 5.32 Å². The van der Waals surface area contributed by atoms with Gasteiger partial charge in [0, 0.05) is 25.7 Å². The molecule has 1 aliphatic carbocycles. The van der Waals surface area contributed by atoms with Crippen LogP contribution in [0.4, 0.5) is 4.79 Å². The maximum absolute atomic E-state index is 11.6. The number of rotatable bonds is 4. The van der Waals surface area contributed by atoms with E-state index in [-0.39, 0.29) is 12.2 Å². The van der Waals surface area contributed by atoms with E-state index in [0.29, 0.717) is 6.54 Å². The van der Waals surface area contributed by atoms with E-state index < -0.39 is 0 Å². The molecule has 1 fully saturated rings. The zero-order valence-corrected chi connectivity index (χ0v) is 15.0. The predicted octanol–water partition coefficient (Wildman–Crippen LogP) is 3.06. The first-order valence-corrected chi connectivity index (χ1v) is 9.36. The van der Waals surface area contributed by atoms with Gasteiger partial charge in [0.05, 0.1) is 24.0 Å². The van der Waals surface area contributed by atoms with Crippen LogP contribution in [0.2, 0.25) is 0 Å². The zero-order valence-electron chi connectivity index (χ0n) is 15.0. The van der Waals surface area contributed by atoms with Crippen molar-refractivity contribution in [3.8, 4) is 0 Å². The van der Waals surface area contributed by atoms with Crippen molar-refractivity contribution in [2.45, 2.75) is 84.2 Å². The number of aromatic nitrogens is 2. The van der Waals surface area contributed by atoms with E-state index in [2.05, 4.69) is 26.1 Å². The number of ether oxygens (including phenoxy) is 1. The van der Waals surface area contributed by atoms with E-state index in [1.54, 1.807) is 0 Å². The van der Waals surface area contributed by atoms with E-state index in [1.807, 2.05) is 13.8 Å². The zero-order chi connectivity index (χ0) is 16.9. The summed E-state index contributed by atoms with van der Waals surface area (Å²) in [4.78, 5) is 14.3. The maximum atomic E-state index is 11.6. The molecule has 0 spiro atoms. The maximum Gasteiger partial charge on any atom is 0.407 e. The standard InChI is InChI=1S/C18H30N4O2/c1-14(2)24-18(23)19-12-15-11-17-13-21(9-6-10-22(17)20-15)16-7-4-3-5-8-16/h11,14,16H,3-10,12-13H2,1-2H3,(H,19,23). The van der Waals surface area contributed by atoms with Gasteiger partial charge < -0.3 is 10.1 Å². The first-order chi connectivity index (χ1) is 11.6. The second-order valence-corrected chi connectivity index (χ2v) is 7.27. The van der Waals surface area contributed by atoms with Crippen LogP contribution in [0.1, 0.15) is 63.8 Å². The Hall–Kier alpha value is -1.56. The molecule has 3 rings (SSSR count). The Morgan fingerprint density at radius 2 is 2.08 bits per heavy atom. The van der Waals surface area contributed by atoms with Crippen molar-refractivity contribution < 1.29 is 9.53 Å². The highest BCUT2D eigenvalue weighted by atomic mass is 16.6. The van der Waals surface area contributed by atoms with Crippen LogP contribution >= 0.6 is 0 Å². The van der Waals surface area contributed by atoms with E-state index >= 15 is 0 Å². The molecule has 6 heteroatoms. The number of nitrogens with zero attached hydrogens (tertiary/aromatic N) is 3. The second kappa shape index (κ2) is 8.01. The van der Waals surface area contributed by atoms with Crippen LogP contribution in [0.25, 0.3) is 0 Å². The van der Waals surface area contributed by atoms with Crippen molar-refractivity contribution in [3.05, 3.63) is 17.5 Å². The van der Waals surface area contributed by atoms with Crippen molar-refractivity contribution in [2.24, 2.45) is 0 Å². The number of carbonyl (C=O) groups excluding carboxylic acids is 1. The molecule has 2 heterocycles. The summed E-state index contributed by atoms with van der Waals surface area (Å²) < 4.78 is 7.22. The highest BCUT2D eigenvalue weighted by Gasteiger charge is 2.24. The molecule has 1 aromatic rings. The summed E-state index contributed by atoms with van der Waals surface area (Å²) in [6.45, 7) is 7.23. The Bertz CT molecular complexity index is 549. The normalized spacial score (nSPS) is 19.8. The van der Waals surface area contributed by atoms with E-state index in [4.69, 9.17) is 4.74 Å². The first-order valence-electron chi connectivity index (χ1n) is 9.36. The van der Waals surface area contributed by atoms with Gasteiger partial charge >= 0.3 is 6.09 Å². The van der Waals surface area contributed by atoms with Crippen LogP contribution in [0.3, 0.4) is 0 Å². The van der Waals surface area contributed by atoms with Crippen molar-refractivity contribution >= 4 is 6.09 Å². The summed E-state index contributed by atoms with van der Waals surface area (Å²) in [6, 6.07) is 2.87. The highest BCUT2D eigenvalue weighted by Crippen LogP contribution is 2.25. The Labute approximate surface area is 144 Å². The summed E-state index contributed by atoms with van der Waals surface area (Å²) in [5.41, 5.74) is 2.18. The van der Waals surface area contributed by atoms with Gasteiger partial charge in [-0.15, -0.1) is 0 Å². The lowest BCUT2D eigenvalue weighted by molar-refractivity contribution is 0.115. The molecular weight excluding hydrogens is 304 g/mol. The highest BCUT2D eigenvalue weighted by molar-refractivity contribution is 5.67. The fraction of sp³-hybridized carbons (Fsp3) is 0.778. The average Bonchev–Trinajstić information content (AvgIpc) is 2.83. The van der Waals surface area contributed by atoms with Crippen LogP contribution in [-0.2, 0) is 24.4 Å². The lowest BCUT2D eigenvalue weighted by atomic mass is 9.94. The van der Waals surface area contributed by atoms with Crippen molar-refractivity contribution in [1.29, 1.82) is 0 Å². The van der Waals surface area contributed by atoms with Crippen LogP contribution in [0, 0.1) is 0 Å². The molecule has 0 aromatic carbocycles. The van der Waals surface area contributed by atoms with Gasteiger partial charge in [-0.1, -0.05) is 19.3 Å². The Kier molecular flexibility index (Phi) is 5.76. The van der Waals surface area contributed by atoms with Crippen LogP contribution in [0.5, 0.6) is 0 Å². The average molecular weight is 334 g/mol. The van der Waals surface area contributed by atoms with Gasteiger partial charge in [0.25, 0.3) is 0 Å². The fourth-order valence-corrected chi connectivity index (χ4v) is 3.81. The topological polar surface area (TPSA) is 59.4 Å². The second-order valence-electron chi connectivity index (χ2n) is 7.27. The molecular formula is C18H30N4O2. The minimum atomic E-state index is -0.378. The molecule has 1 N–H and O–H groups in total. The van der Waals surface area contributed by atoms with Crippen LogP contribution in [-0.4, -0.2) is 39.5 Å². The molecule has 2 aliphatic rings. The lowest BCUT2D eigenvalue weighted by Crippen LogP contribution is -2.36. The quantitative estimate of drug-likeness (QED) is 0.919. The number of hydrogen-bond donors (Lipinski definition) is 1. The minimum Gasteiger partial charge on any atom is -0.447 e. The molecule has 1 aromatic heterocycles. The summed E-state index contributed by atoms with van der Waals surface area (Å²) in [5.74, 6) is 0. The third kappa shape index (κ3) is 4.50. The van der Waals surface area contributed by atoms with Crippen molar-refractivity contribution in [3.63, 3.8) is 0 Å². The number of hydrogen-bond acceptors (Lipinski definition) is 4. The molecule has 0 radical (unpaired) electrons. The molecule has 1 saturated carbocycles. The van der Waals surface area contributed by atoms with Gasteiger partial charge in [0.15, 0.2) is 0 Å². The van der Waals surface area contributed by atoms with Crippen LogP contribution in [0.15, 0.2) is 6.07 Å². The Morgan fingerprint density at radius 3 is 2.83 bits per heavy atom. The molecule has 1 aliphatic heterocycles. The number of nitrogens with one attached hydrogen (secondary N) is 1. The molecule has 134 valence electrons. The Balaban J connectivity index is 1.59. The number of carbonyl (C=O) groups is 1. The first kappa shape index (κ1) is 17.3. The summed E-state index contributed by atoms with van der Waals surface area (Å²) in [7, 11) is 0. The summed E-state index contributed by atoms with van der Waals surface area (Å²) >= 11 is 0. The number of alkyl carbamates (subject to hydrolysis) is 1. The number of amides is 1. The third-order valence-corrected chi connectivity index (χ3v) is 4.94. The van der Waals surface area contributed by atoms with Gasteiger partial charge in [-0.2, -0.15) is 5.10 Å². The SMILES string of the molecule is CC(C)OC(=O)NCc1cc2n(n1)CCCN(C1CCCCC1)C2. The molecule has 6 nitrogen and oxygen atoms in total. The lowest BCUT2D eigenvalue weighted by Gasteiger charge is -2.33. The van der Waals surface area contributed by atoms with Gasteiger partial charge in [-0.3, -0.25) is 9.58 Å². The number of aryl methyl sites for hydroxylation is 1. The van der Waals surface area contributed by atoms with Gasteiger partial charge in [0.2, 0.25) is 0 Å². The molecule has 1 amide bonds. The predicted molar refractivity (Wildman–Crippen MR) is 92.6 cm³/mol. The third-order valence-electron chi connectivity index (χ3n) is 4.94. The smallest absolute Gasteiger partial charge is 0.407 e. The molecule has 24 heavy (non-hydrogen) atoms. The van der Waals surface area contributed by atoms with Gasteiger partial charge in [-0.05, 0) is 39.2 Å². The monoisotopic (exact) mass is 334 g/mol. The van der Waals surface area contributed by atoms with Gasteiger partial charge in [-0.25, -0.2) is 4.79 Å². The summed E-state index contributed by atoms with van der Waals surface area (Å²) in [6.07, 6.45) is 7.47. The van der Waals surface area contributed by atoms with E-state index in [1.165, 1.54) is 44.3 Å². The largest absolute Gasteiger partial charge is 0.447 e. The van der Waals surface area contributed by atoms with Crippen molar-refractivity contribution in [1.82, 2.24) is 20.0 Å². The Morgan fingerprint density at radius 1 is 1.29 bits per heavy atom. The molecule has 0 atom stereocenters. The number of fused-ring (bicyclic) bond motifs is 1.